The Morgan fingerprint density at radius 1 is 0.640 bits per heavy atom. The molecule has 0 atom stereocenters. The summed E-state index contributed by atoms with van der Waals surface area (Å²) in [5.74, 6) is 0. The van der Waals surface area contributed by atoms with Crippen LogP contribution in [-0.4, -0.2) is 5.71 Å². The zero-order chi connectivity index (χ0) is 16.7. The normalized spacial score (nSPS) is 16.6. The Balaban J connectivity index is 1.78. The Morgan fingerprint density at radius 2 is 1.24 bits per heavy atom. The minimum atomic E-state index is -0.270. The van der Waals surface area contributed by atoms with Crippen LogP contribution in [0.4, 0.5) is 5.69 Å². The molecule has 1 nitrogen and oxygen atoms in total. The molecule has 0 aromatic heterocycles. The van der Waals surface area contributed by atoms with Gasteiger partial charge in [0, 0.05) is 11.1 Å². The third-order valence-electron chi connectivity index (χ3n) is 5.09. The van der Waals surface area contributed by atoms with Gasteiger partial charge in [-0.15, -0.1) is 0 Å². The highest BCUT2D eigenvalue weighted by Gasteiger charge is 2.35. The summed E-state index contributed by atoms with van der Waals surface area (Å²) < 4.78 is 0. The van der Waals surface area contributed by atoms with Gasteiger partial charge < -0.3 is 0 Å². The molecule has 1 heterocycles. The molecular weight excluding hydrogens is 302 g/mol. The van der Waals surface area contributed by atoms with Crippen LogP contribution in [0, 0.1) is 0 Å². The third kappa shape index (κ3) is 2.13. The van der Waals surface area contributed by atoms with Crippen LogP contribution < -0.4 is 0 Å². The van der Waals surface area contributed by atoms with E-state index < -0.39 is 0 Å². The molecule has 0 N–H and O–H groups in total. The van der Waals surface area contributed by atoms with E-state index >= 15 is 0 Å². The van der Waals surface area contributed by atoms with Crippen LogP contribution in [0.15, 0.2) is 108 Å². The van der Waals surface area contributed by atoms with Gasteiger partial charge >= 0.3 is 0 Å². The molecule has 0 bridgehead atoms. The first-order valence-electron chi connectivity index (χ1n) is 8.58. The predicted molar refractivity (Wildman–Crippen MR) is 104 cm³/mol. The maximum atomic E-state index is 4.79. The van der Waals surface area contributed by atoms with Gasteiger partial charge in [0.1, 0.15) is 0 Å². The fourth-order valence-corrected chi connectivity index (χ4v) is 3.85. The topological polar surface area (TPSA) is 12.4 Å². The van der Waals surface area contributed by atoms with Gasteiger partial charge in [0.25, 0.3) is 0 Å². The Morgan fingerprint density at radius 3 is 1.92 bits per heavy atom. The van der Waals surface area contributed by atoms with Crippen LogP contribution in [0.2, 0.25) is 0 Å². The predicted octanol–water partition coefficient (Wildman–Crippen LogP) is 5.71. The van der Waals surface area contributed by atoms with Gasteiger partial charge in [-0.1, -0.05) is 91.0 Å². The van der Waals surface area contributed by atoms with Crippen molar-refractivity contribution in [2.45, 2.75) is 5.41 Å². The minimum Gasteiger partial charge on any atom is -0.248 e. The summed E-state index contributed by atoms with van der Waals surface area (Å²) in [7, 11) is 0. The maximum Gasteiger partial charge on any atom is 0.0716 e. The van der Waals surface area contributed by atoms with Crippen molar-refractivity contribution < 1.29 is 0 Å². The zero-order valence-electron chi connectivity index (χ0n) is 13.8. The van der Waals surface area contributed by atoms with E-state index in [1.54, 1.807) is 0 Å². The van der Waals surface area contributed by atoms with E-state index in [9.17, 15) is 0 Å². The molecule has 2 aliphatic rings. The SMILES string of the molecule is C1=CC(c2ccccc2)(c2ccccc2)C=C2C1=Nc1ccccc12. The van der Waals surface area contributed by atoms with Crippen LogP contribution in [0.1, 0.15) is 16.7 Å². The van der Waals surface area contributed by atoms with Crippen molar-refractivity contribution in [3.63, 3.8) is 0 Å². The van der Waals surface area contributed by atoms with E-state index in [0.717, 1.165) is 11.4 Å². The van der Waals surface area contributed by atoms with Gasteiger partial charge in [0.05, 0.1) is 16.8 Å². The van der Waals surface area contributed by atoms with Gasteiger partial charge in [0.2, 0.25) is 0 Å². The minimum absolute atomic E-state index is 0.270. The van der Waals surface area contributed by atoms with Crippen molar-refractivity contribution in [2.75, 3.05) is 0 Å². The number of nitrogens with zero attached hydrogens (tertiary/aromatic N) is 1. The number of hydrogen-bond donors (Lipinski definition) is 0. The van der Waals surface area contributed by atoms with Gasteiger partial charge in [-0.2, -0.15) is 0 Å². The Kier molecular flexibility index (Phi) is 3.07. The number of aliphatic imine (C=N–C) groups is 1. The quantitative estimate of drug-likeness (QED) is 0.573. The highest BCUT2D eigenvalue weighted by Crippen LogP contribution is 2.45. The summed E-state index contributed by atoms with van der Waals surface area (Å²) in [6, 6.07) is 29.8. The molecule has 0 amide bonds. The average molecular weight is 319 g/mol. The molecule has 0 fully saturated rings. The van der Waals surface area contributed by atoms with E-state index in [1.807, 2.05) is 6.07 Å². The van der Waals surface area contributed by atoms with E-state index in [-0.39, 0.29) is 5.41 Å². The third-order valence-corrected chi connectivity index (χ3v) is 5.09. The van der Waals surface area contributed by atoms with Gasteiger partial charge in [-0.05, 0) is 23.3 Å². The molecule has 1 aliphatic heterocycles. The number of rotatable bonds is 2. The van der Waals surface area contributed by atoms with Crippen molar-refractivity contribution in [1.29, 1.82) is 0 Å². The first-order valence-corrected chi connectivity index (χ1v) is 8.58. The lowest BCUT2D eigenvalue weighted by atomic mass is 9.70. The number of allylic oxidation sites excluding steroid dienone is 4. The molecule has 0 radical (unpaired) electrons. The zero-order valence-corrected chi connectivity index (χ0v) is 13.8. The molecule has 0 unspecified atom stereocenters. The van der Waals surface area contributed by atoms with Crippen LogP contribution in [-0.2, 0) is 5.41 Å². The van der Waals surface area contributed by atoms with E-state index in [0.29, 0.717) is 0 Å². The molecule has 5 rings (SSSR count). The standard InChI is InChI=1S/C24H17N/c1-3-9-18(10-4-1)24(19-11-5-2-6-12-19)16-15-23-21(17-24)20-13-7-8-14-22(20)25-23/h1-17H. The number of benzene rings is 3. The van der Waals surface area contributed by atoms with Crippen LogP contribution >= 0.6 is 0 Å². The molecule has 0 saturated heterocycles. The van der Waals surface area contributed by atoms with Crippen LogP contribution in [0.3, 0.4) is 0 Å². The van der Waals surface area contributed by atoms with Gasteiger partial charge in [-0.3, -0.25) is 0 Å². The van der Waals surface area contributed by atoms with Gasteiger partial charge in [0.15, 0.2) is 0 Å². The summed E-state index contributed by atoms with van der Waals surface area (Å²) in [6.07, 6.45) is 6.84. The Hall–Kier alpha value is -3.19. The molecule has 1 heteroatoms. The summed E-state index contributed by atoms with van der Waals surface area (Å²) in [5, 5.41) is 0. The van der Waals surface area contributed by atoms with E-state index in [4.69, 9.17) is 4.99 Å². The number of hydrogen-bond acceptors (Lipinski definition) is 1. The first kappa shape index (κ1) is 14.2. The fourth-order valence-electron chi connectivity index (χ4n) is 3.85. The molecule has 1 aliphatic carbocycles. The van der Waals surface area contributed by atoms with E-state index in [2.05, 4.69) is 97.1 Å². The second kappa shape index (κ2) is 5.42. The maximum absolute atomic E-state index is 4.79. The highest BCUT2D eigenvalue weighted by molar-refractivity contribution is 6.34. The van der Waals surface area contributed by atoms with Crippen LogP contribution in [0.25, 0.3) is 5.57 Å². The summed E-state index contributed by atoms with van der Waals surface area (Å²) in [6.45, 7) is 0. The monoisotopic (exact) mass is 319 g/mol. The van der Waals surface area contributed by atoms with Crippen molar-refractivity contribution >= 4 is 17.0 Å². The summed E-state index contributed by atoms with van der Waals surface area (Å²) in [4.78, 5) is 4.79. The largest absolute Gasteiger partial charge is 0.248 e. The number of para-hydroxylation sites is 1. The molecule has 118 valence electrons. The lowest BCUT2D eigenvalue weighted by molar-refractivity contribution is 0.816. The molecule has 3 aromatic carbocycles. The molecule has 0 spiro atoms. The van der Waals surface area contributed by atoms with E-state index in [1.165, 1.54) is 22.3 Å². The Labute approximate surface area is 147 Å². The Bertz CT molecular complexity index is 984. The average Bonchev–Trinajstić information content (AvgIpc) is 3.07. The second-order valence-corrected chi connectivity index (χ2v) is 6.51. The van der Waals surface area contributed by atoms with Crippen molar-refractivity contribution in [3.05, 3.63) is 120 Å². The molecule has 0 saturated carbocycles. The number of fused-ring (bicyclic) bond motifs is 3. The summed E-state index contributed by atoms with van der Waals surface area (Å²) in [5.41, 5.74) is 6.84. The lowest BCUT2D eigenvalue weighted by Crippen LogP contribution is -2.26. The van der Waals surface area contributed by atoms with Gasteiger partial charge in [-0.25, -0.2) is 4.99 Å². The second-order valence-electron chi connectivity index (χ2n) is 6.51. The van der Waals surface area contributed by atoms with Crippen LogP contribution in [0.5, 0.6) is 0 Å². The summed E-state index contributed by atoms with van der Waals surface area (Å²) >= 11 is 0. The molecular formula is C24H17N. The first-order chi connectivity index (χ1) is 12.4. The lowest BCUT2D eigenvalue weighted by Gasteiger charge is -2.32. The highest BCUT2D eigenvalue weighted by atomic mass is 14.8. The van der Waals surface area contributed by atoms with Crippen molar-refractivity contribution in [1.82, 2.24) is 0 Å². The van der Waals surface area contributed by atoms with Crippen molar-refractivity contribution in [3.8, 4) is 0 Å². The molecule has 3 aromatic rings. The molecule has 25 heavy (non-hydrogen) atoms. The fraction of sp³-hybridized carbons (Fsp3) is 0.0417. The smallest absolute Gasteiger partial charge is 0.0716 e. The van der Waals surface area contributed by atoms with Crippen molar-refractivity contribution in [2.24, 2.45) is 4.99 Å².